The monoisotopic (exact) mass is 318 g/mol. The molecular formula is C24H30. The highest BCUT2D eigenvalue weighted by molar-refractivity contribution is 5.85. The maximum Gasteiger partial charge on any atom is -0.00550 e. The van der Waals surface area contributed by atoms with Crippen molar-refractivity contribution in [1.29, 1.82) is 0 Å². The fraction of sp³-hybridized carbons (Fsp3) is 0.417. The lowest BCUT2D eigenvalue weighted by Crippen LogP contribution is -2.14. The molecule has 2 aromatic carbocycles. The van der Waals surface area contributed by atoms with E-state index in [4.69, 9.17) is 0 Å². The Morgan fingerprint density at radius 3 is 2.33 bits per heavy atom. The zero-order valence-corrected chi connectivity index (χ0v) is 16.0. The summed E-state index contributed by atoms with van der Waals surface area (Å²) in [5.74, 6) is 0.616. The van der Waals surface area contributed by atoms with E-state index in [1.54, 1.807) is 5.57 Å². The van der Waals surface area contributed by atoms with Crippen molar-refractivity contribution in [3.63, 3.8) is 0 Å². The van der Waals surface area contributed by atoms with Gasteiger partial charge in [-0.2, -0.15) is 0 Å². The summed E-state index contributed by atoms with van der Waals surface area (Å²) in [6, 6.07) is 13.7. The van der Waals surface area contributed by atoms with Crippen LogP contribution in [0.4, 0.5) is 0 Å². The topological polar surface area (TPSA) is 0 Å². The first kappa shape index (κ1) is 17.0. The summed E-state index contributed by atoms with van der Waals surface area (Å²) in [7, 11) is 0. The molecule has 2 aromatic rings. The standard InChI is InChI=1S/C24H30/c1-7-17-10-8-9-11-20(17)23-21-15-19(16(2)3)14-18(21)12-13-22(23)24(4,5)6/h8-13,15-16H,7,14H2,1-6H3. The van der Waals surface area contributed by atoms with Gasteiger partial charge in [0, 0.05) is 0 Å². The van der Waals surface area contributed by atoms with Gasteiger partial charge in [0.2, 0.25) is 0 Å². The van der Waals surface area contributed by atoms with E-state index in [1.165, 1.54) is 33.4 Å². The molecule has 0 saturated heterocycles. The molecular weight excluding hydrogens is 288 g/mol. The number of allylic oxidation sites excluding steroid dienone is 1. The van der Waals surface area contributed by atoms with E-state index in [1.807, 2.05) is 0 Å². The van der Waals surface area contributed by atoms with Gasteiger partial charge in [0.25, 0.3) is 0 Å². The highest BCUT2D eigenvalue weighted by Crippen LogP contribution is 2.43. The normalized spacial score (nSPS) is 14.0. The molecule has 0 unspecified atom stereocenters. The average Bonchev–Trinajstić information content (AvgIpc) is 2.97. The number of hydrogen-bond acceptors (Lipinski definition) is 0. The Labute approximate surface area is 147 Å². The molecule has 126 valence electrons. The van der Waals surface area contributed by atoms with Gasteiger partial charge in [-0.05, 0) is 57.6 Å². The van der Waals surface area contributed by atoms with Gasteiger partial charge in [-0.25, -0.2) is 0 Å². The van der Waals surface area contributed by atoms with Crippen LogP contribution < -0.4 is 0 Å². The highest BCUT2D eigenvalue weighted by atomic mass is 14.3. The van der Waals surface area contributed by atoms with Gasteiger partial charge < -0.3 is 0 Å². The second-order valence-electron chi connectivity index (χ2n) is 8.37. The van der Waals surface area contributed by atoms with Gasteiger partial charge in [-0.1, -0.05) is 89.6 Å². The fourth-order valence-corrected chi connectivity index (χ4v) is 3.80. The van der Waals surface area contributed by atoms with Gasteiger partial charge in [0.05, 0.1) is 0 Å². The minimum absolute atomic E-state index is 0.139. The van der Waals surface area contributed by atoms with Crippen molar-refractivity contribution in [2.45, 2.75) is 59.8 Å². The van der Waals surface area contributed by atoms with Crippen LogP contribution in [-0.2, 0) is 18.3 Å². The van der Waals surface area contributed by atoms with Crippen LogP contribution in [0.1, 0.15) is 63.8 Å². The van der Waals surface area contributed by atoms with E-state index >= 15 is 0 Å². The van der Waals surface area contributed by atoms with Crippen molar-refractivity contribution in [2.75, 3.05) is 0 Å². The minimum atomic E-state index is 0.139. The Balaban J connectivity index is 2.33. The number of benzene rings is 2. The van der Waals surface area contributed by atoms with Crippen LogP contribution in [0.25, 0.3) is 17.2 Å². The predicted molar refractivity (Wildman–Crippen MR) is 106 cm³/mol. The molecule has 0 heterocycles. The summed E-state index contributed by atoms with van der Waals surface area (Å²) in [5.41, 5.74) is 10.5. The molecule has 3 rings (SSSR count). The molecule has 0 atom stereocenters. The Morgan fingerprint density at radius 2 is 1.71 bits per heavy atom. The zero-order chi connectivity index (χ0) is 17.5. The first-order valence-corrected chi connectivity index (χ1v) is 9.28. The Bertz CT molecular complexity index is 782. The van der Waals surface area contributed by atoms with Crippen molar-refractivity contribution >= 4 is 6.08 Å². The summed E-state index contributed by atoms with van der Waals surface area (Å²) >= 11 is 0. The smallest absolute Gasteiger partial charge is 0.00550 e. The molecule has 0 heteroatoms. The Kier molecular flexibility index (Phi) is 4.42. The summed E-state index contributed by atoms with van der Waals surface area (Å²) < 4.78 is 0. The van der Waals surface area contributed by atoms with Gasteiger partial charge in [0.15, 0.2) is 0 Å². The van der Waals surface area contributed by atoms with Crippen molar-refractivity contribution in [1.82, 2.24) is 0 Å². The quantitative estimate of drug-likeness (QED) is 0.583. The van der Waals surface area contributed by atoms with E-state index in [2.05, 4.69) is 84.0 Å². The van der Waals surface area contributed by atoms with Gasteiger partial charge in [-0.15, -0.1) is 0 Å². The van der Waals surface area contributed by atoms with Gasteiger partial charge in [-0.3, -0.25) is 0 Å². The first-order valence-electron chi connectivity index (χ1n) is 9.28. The summed E-state index contributed by atoms with van der Waals surface area (Å²) in [6.07, 6.45) is 4.65. The number of fused-ring (bicyclic) bond motifs is 1. The minimum Gasteiger partial charge on any atom is -0.0626 e. The lowest BCUT2D eigenvalue weighted by Gasteiger charge is -2.26. The average molecular weight is 319 g/mol. The molecule has 0 fully saturated rings. The summed E-state index contributed by atoms with van der Waals surface area (Å²) in [5, 5.41) is 0. The SMILES string of the molecule is CCc1ccccc1-c1c(C(C)(C)C)ccc2c1C=C(C(C)C)C2. The molecule has 0 bridgehead atoms. The zero-order valence-electron chi connectivity index (χ0n) is 16.0. The summed E-state index contributed by atoms with van der Waals surface area (Å²) in [6.45, 7) is 13.9. The van der Waals surface area contributed by atoms with Crippen LogP contribution in [0.2, 0.25) is 0 Å². The Morgan fingerprint density at radius 1 is 1.00 bits per heavy atom. The van der Waals surface area contributed by atoms with Gasteiger partial charge in [0.1, 0.15) is 0 Å². The van der Waals surface area contributed by atoms with Crippen LogP contribution in [-0.4, -0.2) is 0 Å². The molecule has 24 heavy (non-hydrogen) atoms. The molecule has 0 aromatic heterocycles. The molecule has 0 amide bonds. The van der Waals surface area contributed by atoms with Crippen molar-refractivity contribution in [3.8, 4) is 11.1 Å². The first-order chi connectivity index (χ1) is 11.3. The third-order valence-electron chi connectivity index (χ3n) is 5.28. The third kappa shape index (κ3) is 2.95. The molecule has 0 saturated carbocycles. The van der Waals surface area contributed by atoms with Crippen LogP contribution in [0.5, 0.6) is 0 Å². The lowest BCUT2D eigenvalue weighted by atomic mass is 9.78. The van der Waals surface area contributed by atoms with Crippen molar-refractivity contribution < 1.29 is 0 Å². The van der Waals surface area contributed by atoms with E-state index < -0.39 is 0 Å². The number of rotatable bonds is 3. The van der Waals surface area contributed by atoms with Gasteiger partial charge >= 0.3 is 0 Å². The molecule has 0 aliphatic heterocycles. The van der Waals surface area contributed by atoms with Crippen molar-refractivity contribution in [3.05, 3.63) is 64.2 Å². The van der Waals surface area contributed by atoms with Crippen molar-refractivity contribution in [2.24, 2.45) is 5.92 Å². The lowest BCUT2D eigenvalue weighted by molar-refractivity contribution is 0.591. The fourth-order valence-electron chi connectivity index (χ4n) is 3.80. The molecule has 0 nitrogen and oxygen atoms in total. The van der Waals surface area contributed by atoms with Crippen LogP contribution in [0, 0.1) is 5.92 Å². The molecule has 1 aliphatic rings. The maximum absolute atomic E-state index is 2.47. The van der Waals surface area contributed by atoms with Crippen LogP contribution >= 0.6 is 0 Å². The van der Waals surface area contributed by atoms with Crippen LogP contribution in [0.3, 0.4) is 0 Å². The Hall–Kier alpha value is -1.82. The highest BCUT2D eigenvalue weighted by Gasteiger charge is 2.26. The second-order valence-corrected chi connectivity index (χ2v) is 8.37. The molecule has 0 radical (unpaired) electrons. The van der Waals surface area contributed by atoms with E-state index in [9.17, 15) is 0 Å². The molecule has 0 N–H and O–H groups in total. The van der Waals surface area contributed by atoms with E-state index in [0.29, 0.717) is 5.92 Å². The largest absolute Gasteiger partial charge is 0.0626 e. The number of aryl methyl sites for hydroxylation is 1. The number of hydrogen-bond donors (Lipinski definition) is 0. The molecule has 0 spiro atoms. The predicted octanol–water partition coefficient (Wildman–Crippen LogP) is 6.81. The van der Waals surface area contributed by atoms with E-state index in [-0.39, 0.29) is 5.41 Å². The van der Waals surface area contributed by atoms with Crippen LogP contribution in [0.15, 0.2) is 42.0 Å². The second kappa shape index (κ2) is 6.24. The maximum atomic E-state index is 2.47. The summed E-state index contributed by atoms with van der Waals surface area (Å²) in [4.78, 5) is 0. The van der Waals surface area contributed by atoms with E-state index in [0.717, 1.165) is 12.8 Å². The third-order valence-corrected chi connectivity index (χ3v) is 5.28. The molecule has 1 aliphatic carbocycles.